The molecule has 8 nitrogen and oxygen atoms in total. The molecule has 1 saturated heterocycles. The molecule has 10 heteroatoms. The monoisotopic (exact) mass is 282 g/mol. The van der Waals surface area contributed by atoms with Crippen LogP contribution in [0.4, 0.5) is 0 Å². The summed E-state index contributed by atoms with van der Waals surface area (Å²) in [4.78, 5) is 19.8. The van der Waals surface area contributed by atoms with Crippen LogP contribution in [0.2, 0.25) is 0 Å². The predicted octanol–water partition coefficient (Wildman–Crippen LogP) is -1.99. The number of ether oxygens (including phenoxy) is 2. The summed E-state index contributed by atoms with van der Waals surface area (Å²) in [5.74, 6) is -1.44. The first kappa shape index (κ1) is 15.6. The van der Waals surface area contributed by atoms with Crippen molar-refractivity contribution in [3.05, 3.63) is 0 Å². The average molecular weight is 282 g/mol. The van der Waals surface area contributed by atoms with Gasteiger partial charge in [-0.15, -0.1) is 0 Å². The highest BCUT2D eigenvalue weighted by molar-refractivity contribution is 7.53. The molecule has 1 fully saturated rings. The van der Waals surface area contributed by atoms with E-state index >= 15 is 0 Å². The quantitative estimate of drug-likeness (QED) is 0.378. The molecule has 1 aliphatic rings. The molecule has 0 spiro atoms. The maximum atomic E-state index is 11.6. The molecule has 18 heavy (non-hydrogen) atoms. The fourth-order valence-corrected chi connectivity index (χ4v) is 2.96. The summed E-state index contributed by atoms with van der Waals surface area (Å²) in [7, 11) is -1.25. The molecule has 3 N–H and O–H groups in total. The third-order valence-corrected chi connectivity index (χ3v) is 3.86. The van der Waals surface area contributed by atoms with Gasteiger partial charge >= 0.3 is 13.6 Å². The van der Waals surface area contributed by atoms with Crippen LogP contribution < -0.4 is 0 Å². The molecular weight excluding hydrogens is 266 g/mol. The van der Waals surface area contributed by atoms with Crippen LogP contribution in [0.25, 0.3) is 0 Å². The molecule has 0 saturated carbocycles. The summed E-state index contributed by atoms with van der Waals surface area (Å²) in [5.41, 5.74) is 0. The van der Waals surface area contributed by atoms with Gasteiger partial charge in [0.15, 0.2) is 0 Å². The van der Waals surface area contributed by atoms with Crippen molar-refractivity contribution in [3.63, 3.8) is 0 Å². The number of carboxylic acids is 1. The molecule has 0 aliphatic carbocycles. The Bertz CT molecular complexity index is 350. The Labute approximate surface area is 105 Å². The molecule has 0 aromatic heterocycles. The first-order chi connectivity index (χ1) is 8.30. The molecule has 5 atom stereocenters. The Morgan fingerprint density at radius 2 is 2.11 bits per heavy atom. The maximum absolute atomic E-state index is 11.6. The molecule has 0 amide bonds. The van der Waals surface area contributed by atoms with Crippen LogP contribution in [0, 0.1) is 0 Å². The topological polar surface area (TPSA) is 123 Å². The van der Waals surface area contributed by atoms with Crippen LogP contribution >= 0.6 is 7.60 Å². The number of carboxylic acid groups (broad SMARTS) is 1. The van der Waals surface area contributed by atoms with Gasteiger partial charge in [0.2, 0.25) is 0 Å². The highest BCUT2D eigenvalue weighted by Gasteiger charge is 2.46. The first-order valence-electron chi connectivity index (χ1n) is 5.32. The smallest absolute Gasteiger partial charge is 0.339 e. The zero-order valence-corrected chi connectivity index (χ0v) is 10.9. The van der Waals surface area contributed by atoms with Crippen molar-refractivity contribution in [3.8, 4) is 0 Å². The molecule has 1 rings (SSSR count). The van der Waals surface area contributed by atoms with Gasteiger partial charge in [-0.1, -0.05) is 0 Å². The van der Waals surface area contributed by atoms with Crippen molar-refractivity contribution in [1.82, 2.24) is 0 Å². The van der Waals surface area contributed by atoms with Crippen LogP contribution in [-0.2, 0) is 23.4 Å². The van der Waals surface area contributed by atoms with Gasteiger partial charge in [0, 0.05) is 7.11 Å². The number of rotatable bonds is 6. The summed E-state index contributed by atoms with van der Waals surface area (Å²) in [6.45, 7) is -0.415. The van der Waals surface area contributed by atoms with Crippen LogP contribution in [0.5, 0.6) is 0 Å². The van der Waals surface area contributed by atoms with E-state index < -0.39 is 50.6 Å². The minimum absolute atomic E-state index is 0.415. The SMILES string of the molecule is B[C@@H]1O[C@H](CO)C(OP(=O)(O)CC(=O)O)C1OC. The molecule has 0 aromatic rings. The largest absolute Gasteiger partial charge is 0.481 e. The summed E-state index contributed by atoms with van der Waals surface area (Å²) >= 11 is 0. The van der Waals surface area contributed by atoms with E-state index in [0.29, 0.717) is 0 Å². The lowest BCUT2D eigenvalue weighted by Gasteiger charge is -2.24. The van der Waals surface area contributed by atoms with Crippen molar-refractivity contribution in [2.24, 2.45) is 0 Å². The summed E-state index contributed by atoms with van der Waals surface area (Å²) in [5, 5.41) is 17.6. The van der Waals surface area contributed by atoms with E-state index in [-0.39, 0.29) is 0 Å². The predicted molar refractivity (Wildman–Crippen MR) is 62.3 cm³/mol. The Morgan fingerprint density at radius 1 is 1.50 bits per heavy atom. The normalized spacial score (nSPS) is 35.3. The highest BCUT2D eigenvalue weighted by Crippen LogP contribution is 2.46. The molecule has 3 unspecified atom stereocenters. The van der Waals surface area contributed by atoms with Gasteiger partial charge in [-0.2, -0.15) is 0 Å². The van der Waals surface area contributed by atoms with Crippen LogP contribution in [0.15, 0.2) is 0 Å². The van der Waals surface area contributed by atoms with Crippen molar-refractivity contribution in [2.45, 2.75) is 24.3 Å². The van der Waals surface area contributed by atoms with E-state index in [9.17, 15) is 14.3 Å². The van der Waals surface area contributed by atoms with Crippen LogP contribution in [-0.4, -0.2) is 73.1 Å². The number of aliphatic hydroxyl groups excluding tert-OH is 1. The Kier molecular flexibility index (Phi) is 5.33. The number of methoxy groups -OCH3 is 1. The molecule has 0 bridgehead atoms. The molecular formula is C8H16BO8P. The minimum atomic E-state index is -4.30. The van der Waals surface area contributed by atoms with E-state index in [2.05, 4.69) is 0 Å². The molecule has 1 aliphatic heterocycles. The standard InChI is InChI=1S/C8H16BO8P/c1-15-7-6(4(2-10)16-8(7)9)17-18(13,14)3-5(11)12/h4,6-8,10H,2-3,9H2,1H3,(H,11,12)(H,13,14)/t4-,6?,7?,8-/m1/s1. The number of hydrogen-bond acceptors (Lipinski definition) is 6. The number of hydrogen-bond donors (Lipinski definition) is 3. The van der Waals surface area contributed by atoms with Crippen molar-refractivity contribution < 1.29 is 38.5 Å². The number of aliphatic hydroxyl groups is 1. The third kappa shape index (κ3) is 3.78. The van der Waals surface area contributed by atoms with Crippen LogP contribution in [0.1, 0.15) is 0 Å². The zero-order chi connectivity index (χ0) is 13.9. The van der Waals surface area contributed by atoms with Gasteiger partial charge < -0.3 is 24.6 Å². The van der Waals surface area contributed by atoms with E-state index in [0.717, 1.165) is 0 Å². The summed E-state index contributed by atoms with van der Waals surface area (Å²) in [6, 6.07) is -0.429. The van der Waals surface area contributed by atoms with Crippen LogP contribution in [0.3, 0.4) is 0 Å². The van der Waals surface area contributed by atoms with E-state index in [1.54, 1.807) is 7.85 Å². The fraction of sp³-hybridized carbons (Fsp3) is 0.875. The highest BCUT2D eigenvalue weighted by atomic mass is 31.2. The second-order valence-electron chi connectivity index (χ2n) is 4.02. The van der Waals surface area contributed by atoms with E-state index in [1.165, 1.54) is 7.11 Å². The van der Waals surface area contributed by atoms with Gasteiger partial charge in [-0.25, -0.2) is 0 Å². The number of carbonyl (C=O) groups is 1. The lowest BCUT2D eigenvalue weighted by molar-refractivity contribution is -0.134. The van der Waals surface area contributed by atoms with Crippen molar-refractivity contribution in [1.29, 1.82) is 0 Å². The zero-order valence-electron chi connectivity index (χ0n) is 10.1. The Morgan fingerprint density at radius 3 is 2.56 bits per heavy atom. The molecule has 0 radical (unpaired) electrons. The van der Waals surface area contributed by atoms with Crippen molar-refractivity contribution >= 4 is 21.4 Å². The summed E-state index contributed by atoms with van der Waals surface area (Å²) < 4.78 is 26.9. The maximum Gasteiger partial charge on any atom is 0.339 e. The van der Waals surface area contributed by atoms with Gasteiger partial charge in [0.05, 0.1) is 12.6 Å². The van der Waals surface area contributed by atoms with Crippen molar-refractivity contribution in [2.75, 3.05) is 19.9 Å². The second-order valence-corrected chi connectivity index (χ2v) is 5.82. The first-order valence-corrected chi connectivity index (χ1v) is 7.08. The van der Waals surface area contributed by atoms with Gasteiger partial charge in [0.1, 0.15) is 32.3 Å². The minimum Gasteiger partial charge on any atom is -0.481 e. The second kappa shape index (κ2) is 6.14. The lowest BCUT2D eigenvalue weighted by Crippen LogP contribution is -2.38. The lowest BCUT2D eigenvalue weighted by atomic mass is 9.93. The fourth-order valence-electron chi connectivity index (χ4n) is 1.91. The Hall–Kier alpha value is -0.435. The molecule has 104 valence electrons. The third-order valence-electron chi connectivity index (χ3n) is 2.62. The molecule has 1 heterocycles. The van der Waals surface area contributed by atoms with E-state index in [1.807, 2.05) is 0 Å². The van der Waals surface area contributed by atoms with Gasteiger partial charge in [0.25, 0.3) is 0 Å². The van der Waals surface area contributed by atoms with Gasteiger partial charge in [-0.05, 0) is 0 Å². The number of aliphatic carboxylic acids is 1. The Balaban J connectivity index is 2.78. The van der Waals surface area contributed by atoms with Gasteiger partial charge in [-0.3, -0.25) is 13.9 Å². The molecule has 0 aromatic carbocycles. The summed E-state index contributed by atoms with van der Waals surface area (Å²) in [6.07, 6.45) is -3.45. The average Bonchev–Trinajstić information content (AvgIpc) is 2.51. The van der Waals surface area contributed by atoms with E-state index in [4.69, 9.17) is 24.2 Å².